The molecule has 2 N–H and O–H groups in total. The van der Waals surface area contributed by atoms with Gasteiger partial charge in [-0.25, -0.2) is 4.79 Å². The Morgan fingerprint density at radius 2 is 1.87 bits per heavy atom. The number of hydrogen-bond donors (Lipinski definition) is 2. The van der Waals surface area contributed by atoms with E-state index in [1.165, 1.54) is 12.2 Å². The van der Waals surface area contributed by atoms with Crippen molar-refractivity contribution in [1.82, 2.24) is 5.32 Å². The number of halogens is 3. The number of hydrogen-bond acceptors (Lipinski definition) is 2. The van der Waals surface area contributed by atoms with E-state index >= 15 is 0 Å². The first-order valence-electron chi connectivity index (χ1n) is 3.75. The van der Waals surface area contributed by atoms with Crippen molar-refractivity contribution in [3.8, 4) is 0 Å². The third kappa shape index (κ3) is 7.29. The van der Waals surface area contributed by atoms with Gasteiger partial charge in [-0.15, -0.1) is 0 Å². The number of nitrogens with one attached hydrogen (secondary N) is 1. The van der Waals surface area contributed by atoms with Crippen LogP contribution in [-0.2, 0) is 9.59 Å². The van der Waals surface area contributed by atoms with Crippen LogP contribution in [0.1, 0.15) is 0 Å². The normalized spacial score (nSPS) is 12.2. The zero-order valence-electron chi connectivity index (χ0n) is 7.41. The zero-order valence-corrected chi connectivity index (χ0v) is 7.41. The average molecular weight is 223 g/mol. The van der Waals surface area contributed by atoms with Gasteiger partial charge in [-0.3, -0.25) is 4.79 Å². The summed E-state index contributed by atoms with van der Waals surface area (Å²) in [6.07, 6.45) is -0.567. The summed E-state index contributed by atoms with van der Waals surface area (Å²) in [5.74, 6) is -3.20. The fourth-order valence-corrected chi connectivity index (χ4v) is 0.536. The molecule has 0 heterocycles. The highest BCUT2D eigenvalue weighted by atomic mass is 19.4. The lowest BCUT2D eigenvalue weighted by molar-refractivity contribution is -0.173. The maximum Gasteiger partial charge on any atom is 0.471 e. The number of carboxylic acids is 1. The van der Waals surface area contributed by atoms with Gasteiger partial charge in [0.05, 0.1) is 0 Å². The zero-order chi connectivity index (χ0) is 11.9. The Kier molecular flexibility index (Phi) is 5.14. The predicted octanol–water partition coefficient (Wildman–Crippen LogP) is 0.862. The maximum atomic E-state index is 11.6. The van der Waals surface area contributed by atoms with Crippen LogP contribution in [0, 0.1) is 0 Å². The lowest BCUT2D eigenvalue weighted by Crippen LogP contribution is -2.36. The summed E-state index contributed by atoms with van der Waals surface area (Å²) in [5, 5.41) is 9.70. The van der Waals surface area contributed by atoms with Crippen molar-refractivity contribution in [3.63, 3.8) is 0 Å². The van der Waals surface area contributed by atoms with Gasteiger partial charge < -0.3 is 10.4 Å². The van der Waals surface area contributed by atoms with Gasteiger partial charge in [-0.2, -0.15) is 13.2 Å². The molecule has 15 heavy (non-hydrogen) atoms. The number of carboxylic acid groups (broad SMARTS) is 1. The molecule has 7 heteroatoms. The minimum atomic E-state index is -4.90. The average Bonchev–Trinajstić information content (AvgIpc) is 2.08. The first kappa shape index (κ1) is 13.2. The van der Waals surface area contributed by atoms with E-state index in [0.717, 1.165) is 12.2 Å². The second-order valence-electron chi connectivity index (χ2n) is 2.33. The highest BCUT2D eigenvalue weighted by Gasteiger charge is 2.37. The quantitative estimate of drug-likeness (QED) is 0.548. The van der Waals surface area contributed by atoms with Crippen LogP contribution in [0.2, 0.25) is 0 Å². The third-order valence-corrected chi connectivity index (χ3v) is 1.12. The molecular weight excluding hydrogens is 215 g/mol. The molecule has 0 saturated heterocycles. The second kappa shape index (κ2) is 5.84. The molecule has 84 valence electrons. The first-order chi connectivity index (χ1) is 6.84. The Bertz CT molecular complexity index is 294. The van der Waals surface area contributed by atoms with Crippen molar-refractivity contribution in [2.45, 2.75) is 6.18 Å². The fourth-order valence-electron chi connectivity index (χ4n) is 0.536. The summed E-state index contributed by atoms with van der Waals surface area (Å²) in [4.78, 5) is 20.2. The monoisotopic (exact) mass is 223 g/mol. The van der Waals surface area contributed by atoms with Crippen LogP contribution in [0.3, 0.4) is 0 Å². The lowest BCUT2D eigenvalue weighted by atomic mass is 10.4. The molecule has 0 aromatic rings. The van der Waals surface area contributed by atoms with Crippen molar-refractivity contribution < 1.29 is 27.9 Å². The van der Waals surface area contributed by atoms with Crippen molar-refractivity contribution in [1.29, 1.82) is 0 Å². The van der Waals surface area contributed by atoms with Crippen LogP contribution >= 0.6 is 0 Å². The van der Waals surface area contributed by atoms with E-state index in [2.05, 4.69) is 0 Å². The largest absolute Gasteiger partial charge is 0.478 e. The smallest absolute Gasteiger partial charge is 0.471 e. The van der Waals surface area contributed by atoms with E-state index in [1.54, 1.807) is 5.32 Å². The van der Waals surface area contributed by atoms with Crippen LogP contribution in [0.5, 0.6) is 0 Å². The summed E-state index contributed by atoms with van der Waals surface area (Å²) in [6.45, 7) is -0.317. The summed E-state index contributed by atoms with van der Waals surface area (Å²) in [6, 6.07) is 0. The number of aliphatic carboxylic acids is 1. The van der Waals surface area contributed by atoms with Gasteiger partial charge in [0.15, 0.2) is 0 Å². The molecule has 0 atom stereocenters. The van der Waals surface area contributed by atoms with E-state index in [4.69, 9.17) is 5.11 Å². The predicted molar refractivity (Wildman–Crippen MR) is 45.0 cm³/mol. The molecule has 0 aliphatic rings. The van der Waals surface area contributed by atoms with E-state index < -0.39 is 18.1 Å². The van der Waals surface area contributed by atoms with Gasteiger partial charge >= 0.3 is 18.1 Å². The van der Waals surface area contributed by atoms with Gasteiger partial charge in [0.25, 0.3) is 0 Å². The standard InChI is InChI=1S/C8H8F3NO3/c9-8(10,11)7(15)12-5-3-1-2-4-6(13)14/h1-4H,5H2,(H,12,15)(H,13,14)/b3-1+,4-2+. The Hall–Kier alpha value is -1.79. The van der Waals surface area contributed by atoms with Crippen LogP contribution in [0.25, 0.3) is 0 Å². The van der Waals surface area contributed by atoms with Gasteiger partial charge in [-0.05, 0) is 0 Å². The molecule has 4 nitrogen and oxygen atoms in total. The van der Waals surface area contributed by atoms with E-state index in [9.17, 15) is 22.8 Å². The van der Waals surface area contributed by atoms with Gasteiger partial charge in [0.2, 0.25) is 0 Å². The Balaban J connectivity index is 3.81. The summed E-state index contributed by atoms with van der Waals surface area (Å²) < 4.78 is 34.8. The van der Waals surface area contributed by atoms with Gasteiger partial charge in [0.1, 0.15) is 0 Å². The number of rotatable bonds is 4. The molecule has 0 saturated carbocycles. The molecule has 0 radical (unpaired) electrons. The van der Waals surface area contributed by atoms with Crippen molar-refractivity contribution in [2.75, 3.05) is 6.54 Å². The molecule has 1 amide bonds. The topological polar surface area (TPSA) is 66.4 Å². The van der Waals surface area contributed by atoms with Crippen molar-refractivity contribution in [2.24, 2.45) is 0 Å². The van der Waals surface area contributed by atoms with E-state index in [-0.39, 0.29) is 6.54 Å². The molecule has 0 bridgehead atoms. The molecule has 0 aliphatic carbocycles. The minimum Gasteiger partial charge on any atom is -0.478 e. The lowest BCUT2D eigenvalue weighted by Gasteiger charge is -2.04. The SMILES string of the molecule is O=C(O)/C=C/C=C/CNC(=O)C(F)(F)F. The fraction of sp³-hybridized carbons (Fsp3) is 0.250. The Labute approximate surface area is 83.1 Å². The van der Waals surface area contributed by atoms with Gasteiger partial charge in [0, 0.05) is 12.6 Å². The molecule has 0 spiro atoms. The third-order valence-electron chi connectivity index (χ3n) is 1.12. The molecular formula is C8H8F3NO3. The molecule has 0 rings (SSSR count). The number of amides is 1. The minimum absolute atomic E-state index is 0.317. The van der Waals surface area contributed by atoms with Crippen LogP contribution in [0.15, 0.2) is 24.3 Å². The van der Waals surface area contributed by atoms with Crippen LogP contribution < -0.4 is 5.32 Å². The van der Waals surface area contributed by atoms with Crippen LogP contribution in [-0.4, -0.2) is 29.7 Å². The highest BCUT2D eigenvalue weighted by molar-refractivity contribution is 5.81. The van der Waals surface area contributed by atoms with Crippen molar-refractivity contribution >= 4 is 11.9 Å². The molecule has 0 fully saturated rings. The molecule has 0 aromatic carbocycles. The van der Waals surface area contributed by atoms with E-state index in [0.29, 0.717) is 0 Å². The second-order valence-corrected chi connectivity index (χ2v) is 2.33. The van der Waals surface area contributed by atoms with Gasteiger partial charge in [-0.1, -0.05) is 18.2 Å². The van der Waals surface area contributed by atoms with Crippen LogP contribution in [0.4, 0.5) is 13.2 Å². The highest BCUT2D eigenvalue weighted by Crippen LogP contribution is 2.13. The van der Waals surface area contributed by atoms with Crippen molar-refractivity contribution in [3.05, 3.63) is 24.3 Å². The Morgan fingerprint density at radius 3 is 2.33 bits per heavy atom. The first-order valence-corrected chi connectivity index (χ1v) is 3.75. The number of allylic oxidation sites excluding steroid dienone is 2. The summed E-state index contributed by atoms with van der Waals surface area (Å²) >= 11 is 0. The number of carbonyl (C=O) groups excluding carboxylic acids is 1. The number of alkyl halides is 3. The Morgan fingerprint density at radius 1 is 1.27 bits per heavy atom. The number of carbonyl (C=O) groups is 2. The maximum absolute atomic E-state index is 11.6. The summed E-state index contributed by atoms with van der Waals surface area (Å²) in [5.41, 5.74) is 0. The molecule has 0 aliphatic heterocycles. The van der Waals surface area contributed by atoms with E-state index in [1.807, 2.05) is 0 Å². The molecule has 0 unspecified atom stereocenters. The molecule has 0 aromatic heterocycles. The summed E-state index contributed by atoms with van der Waals surface area (Å²) in [7, 11) is 0.